The molecule has 0 aliphatic heterocycles. The lowest BCUT2D eigenvalue weighted by Crippen LogP contribution is -2.35. The van der Waals surface area contributed by atoms with E-state index < -0.39 is 14.6 Å². The molecule has 1 atom stereocenters. The number of unbranched alkanes of at least 4 members (excludes halogenated alkanes) is 1. The van der Waals surface area contributed by atoms with Crippen LogP contribution >= 0.6 is 0 Å². The summed E-state index contributed by atoms with van der Waals surface area (Å²) in [5.74, 6) is 0. The fourth-order valence-corrected chi connectivity index (χ4v) is 3.51. The molecule has 0 aliphatic carbocycles. The van der Waals surface area contributed by atoms with Gasteiger partial charge >= 0.3 is 0 Å². The smallest absolute Gasteiger partial charge is 0.190 e. The highest BCUT2D eigenvalue weighted by Gasteiger charge is 2.24. The molecule has 0 bridgehead atoms. The summed E-state index contributed by atoms with van der Waals surface area (Å²) in [5, 5.41) is 9.50. The minimum atomic E-state index is -1.57. The first-order chi connectivity index (χ1) is 6.02. The molecule has 3 heteroatoms. The normalized spacial score (nSPS) is 14.5. The number of hydrogen-bond donors (Lipinski definition) is 1. The lowest BCUT2D eigenvalue weighted by Gasteiger charge is -2.26. The summed E-state index contributed by atoms with van der Waals surface area (Å²) < 4.78 is 5.67. The third-order valence-electron chi connectivity index (χ3n) is 2.12. The van der Waals surface area contributed by atoms with Crippen LogP contribution in [0, 0.1) is 0 Å². The van der Waals surface area contributed by atoms with E-state index >= 15 is 0 Å². The lowest BCUT2D eigenvalue weighted by molar-refractivity contribution is -0.0308. The maximum Gasteiger partial charge on any atom is 0.190 e. The summed E-state index contributed by atoms with van der Waals surface area (Å²) >= 11 is 0. The number of hydrogen-bond acceptors (Lipinski definition) is 2. The molecule has 1 N–H and O–H groups in total. The number of aliphatic hydroxyl groups is 1. The summed E-state index contributed by atoms with van der Waals surface area (Å²) in [7, 11) is -1.57. The van der Waals surface area contributed by atoms with Gasteiger partial charge in [0.15, 0.2) is 8.32 Å². The molecule has 0 saturated heterocycles. The predicted molar refractivity (Wildman–Crippen MR) is 59.2 cm³/mol. The molecular formula is C10H24O2Si. The van der Waals surface area contributed by atoms with Crippen molar-refractivity contribution in [3.8, 4) is 0 Å². The largest absolute Gasteiger partial charge is 0.393 e. The Hall–Kier alpha value is 0.137. The van der Waals surface area contributed by atoms with Crippen LogP contribution < -0.4 is 0 Å². The third kappa shape index (κ3) is 7.23. The van der Waals surface area contributed by atoms with Crippen LogP contribution in [0.2, 0.25) is 19.1 Å². The molecule has 13 heavy (non-hydrogen) atoms. The van der Waals surface area contributed by atoms with Crippen LogP contribution in [0.25, 0.3) is 0 Å². The lowest BCUT2D eigenvalue weighted by atomic mass is 10.3. The van der Waals surface area contributed by atoms with Gasteiger partial charge in [-0.15, -0.1) is 0 Å². The van der Waals surface area contributed by atoms with Gasteiger partial charge in [-0.3, -0.25) is 0 Å². The molecular weight excluding hydrogens is 180 g/mol. The van der Waals surface area contributed by atoms with Crippen molar-refractivity contribution in [1.29, 1.82) is 0 Å². The maximum atomic E-state index is 9.50. The van der Waals surface area contributed by atoms with Gasteiger partial charge < -0.3 is 9.53 Å². The van der Waals surface area contributed by atoms with E-state index in [-0.39, 0.29) is 0 Å². The fourth-order valence-electron chi connectivity index (χ4n) is 1.34. The van der Waals surface area contributed by atoms with Crippen molar-refractivity contribution in [3.63, 3.8) is 0 Å². The zero-order valence-electron chi connectivity index (χ0n) is 9.47. The summed E-state index contributed by atoms with van der Waals surface area (Å²) in [6.07, 6.45) is 3.66. The van der Waals surface area contributed by atoms with Gasteiger partial charge in [-0.1, -0.05) is 33.1 Å². The van der Waals surface area contributed by atoms with Gasteiger partial charge in [0, 0.05) is 0 Å². The molecule has 0 saturated carbocycles. The molecule has 0 heterocycles. The second kappa shape index (κ2) is 6.57. The van der Waals surface area contributed by atoms with Crippen LogP contribution in [0.3, 0.4) is 0 Å². The van der Waals surface area contributed by atoms with Crippen molar-refractivity contribution in [2.45, 2.75) is 65.0 Å². The number of rotatable bonds is 7. The molecule has 0 radical (unpaired) electrons. The Bertz CT molecular complexity index is 126. The van der Waals surface area contributed by atoms with Gasteiger partial charge in [-0.2, -0.15) is 0 Å². The second-order valence-corrected chi connectivity index (χ2v) is 8.48. The summed E-state index contributed by atoms with van der Waals surface area (Å²) in [6, 6.07) is 1.16. The van der Waals surface area contributed by atoms with Gasteiger partial charge in [0.05, 0.1) is 0 Å². The van der Waals surface area contributed by atoms with E-state index in [9.17, 15) is 5.11 Å². The van der Waals surface area contributed by atoms with Gasteiger partial charge in [0.1, 0.15) is 6.29 Å². The van der Waals surface area contributed by atoms with E-state index in [0.29, 0.717) is 0 Å². The molecule has 0 fully saturated rings. The topological polar surface area (TPSA) is 29.5 Å². The average Bonchev–Trinajstić information content (AvgIpc) is 2.00. The molecule has 2 nitrogen and oxygen atoms in total. The van der Waals surface area contributed by atoms with E-state index in [1.54, 1.807) is 0 Å². The van der Waals surface area contributed by atoms with Crippen LogP contribution in [0.1, 0.15) is 39.5 Å². The molecule has 0 aromatic rings. The second-order valence-electron chi connectivity index (χ2n) is 4.22. The van der Waals surface area contributed by atoms with Crippen molar-refractivity contribution < 1.29 is 9.53 Å². The molecule has 0 aromatic heterocycles. The van der Waals surface area contributed by atoms with Gasteiger partial charge in [0.2, 0.25) is 0 Å². The van der Waals surface area contributed by atoms with E-state index in [2.05, 4.69) is 26.9 Å². The third-order valence-corrected chi connectivity index (χ3v) is 4.59. The van der Waals surface area contributed by atoms with Crippen molar-refractivity contribution in [2.24, 2.45) is 0 Å². The average molecular weight is 204 g/mol. The Labute approximate surface area is 83.4 Å². The Balaban J connectivity index is 3.71. The summed E-state index contributed by atoms with van der Waals surface area (Å²) in [6.45, 7) is 8.61. The SMILES string of the molecule is CCCC[Si](C)(C)OC(O)CCC. The predicted octanol–water partition coefficient (Wildman–Crippen LogP) is 3.13. The van der Waals surface area contributed by atoms with Crippen molar-refractivity contribution >= 4 is 8.32 Å². The van der Waals surface area contributed by atoms with E-state index in [1.165, 1.54) is 12.8 Å². The van der Waals surface area contributed by atoms with E-state index in [1.807, 2.05) is 0 Å². The van der Waals surface area contributed by atoms with Crippen LogP contribution in [0.4, 0.5) is 0 Å². The molecule has 0 amide bonds. The van der Waals surface area contributed by atoms with Crippen LogP contribution in [0.15, 0.2) is 0 Å². The van der Waals surface area contributed by atoms with Crippen molar-refractivity contribution in [3.05, 3.63) is 0 Å². The first-order valence-corrected chi connectivity index (χ1v) is 8.49. The summed E-state index contributed by atoms with van der Waals surface area (Å²) in [4.78, 5) is 0. The van der Waals surface area contributed by atoms with Crippen LogP contribution in [-0.4, -0.2) is 19.7 Å². The standard InChI is InChI=1S/C10H24O2Si/c1-5-7-9-13(3,4)12-10(11)8-6-2/h10-11H,5-9H2,1-4H3. The van der Waals surface area contributed by atoms with Crippen molar-refractivity contribution in [2.75, 3.05) is 0 Å². The highest BCUT2D eigenvalue weighted by Crippen LogP contribution is 2.17. The minimum Gasteiger partial charge on any atom is -0.393 e. The molecule has 0 spiro atoms. The van der Waals surface area contributed by atoms with Crippen LogP contribution in [-0.2, 0) is 4.43 Å². The van der Waals surface area contributed by atoms with Gasteiger partial charge in [-0.05, 0) is 25.6 Å². The van der Waals surface area contributed by atoms with Crippen LogP contribution in [0.5, 0.6) is 0 Å². The van der Waals surface area contributed by atoms with E-state index in [4.69, 9.17) is 4.43 Å². The fraction of sp³-hybridized carbons (Fsp3) is 1.00. The first-order valence-electron chi connectivity index (χ1n) is 5.37. The molecule has 0 aliphatic rings. The van der Waals surface area contributed by atoms with Crippen molar-refractivity contribution in [1.82, 2.24) is 0 Å². The zero-order valence-corrected chi connectivity index (χ0v) is 10.5. The van der Waals surface area contributed by atoms with Gasteiger partial charge in [-0.25, -0.2) is 0 Å². The Morgan fingerprint density at radius 1 is 1.23 bits per heavy atom. The molecule has 1 unspecified atom stereocenters. The number of aliphatic hydroxyl groups excluding tert-OH is 1. The monoisotopic (exact) mass is 204 g/mol. The highest BCUT2D eigenvalue weighted by molar-refractivity contribution is 6.71. The quantitative estimate of drug-likeness (QED) is 0.510. The zero-order chi connectivity index (χ0) is 10.3. The molecule has 80 valence electrons. The molecule has 0 rings (SSSR count). The summed E-state index contributed by atoms with van der Waals surface area (Å²) in [5.41, 5.74) is 0. The Morgan fingerprint density at radius 3 is 2.31 bits per heavy atom. The molecule has 0 aromatic carbocycles. The minimum absolute atomic E-state index is 0.525. The highest BCUT2D eigenvalue weighted by atomic mass is 28.4. The van der Waals surface area contributed by atoms with E-state index in [0.717, 1.165) is 18.9 Å². The first kappa shape index (κ1) is 13.1. The Kier molecular flexibility index (Phi) is 6.64. The van der Waals surface area contributed by atoms with Gasteiger partial charge in [0.25, 0.3) is 0 Å². The Morgan fingerprint density at radius 2 is 1.85 bits per heavy atom. The maximum absolute atomic E-state index is 9.50.